The molecule has 0 fully saturated rings. The second kappa shape index (κ2) is 10.4. The van der Waals surface area contributed by atoms with E-state index in [1.54, 1.807) is 31.2 Å². The number of nitro groups is 1. The molecule has 34 heavy (non-hydrogen) atoms. The van der Waals surface area contributed by atoms with Gasteiger partial charge in [0.1, 0.15) is 17.2 Å². The average Bonchev–Trinajstić information content (AvgIpc) is 2.83. The molecule has 0 bridgehead atoms. The first-order valence-corrected chi connectivity index (χ1v) is 11.5. The third kappa shape index (κ3) is 5.55. The molecule has 0 saturated heterocycles. The first kappa shape index (κ1) is 23.3. The Morgan fingerprint density at radius 2 is 1.53 bits per heavy atom. The fourth-order valence-electron chi connectivity index (χ4n) is 3.76. The van der Waals surface area contributed by atoms with E-state index in [0.29, 0.717) is 34.6 Å². The molecule has 6 nitrogen and oxygen atoms in total. The van der Waals surface area contributed by atoms with Gasteiger partial charge in [-0.1, -0.05) is 48.5 Å². The van der Waals surface area contributed by atoms with Gasteiger partial charge in [-0.25, -0.2) is 0 Å². The number of nitro benzene ring substituents is 1. The third-order valence-corrected chi connectivity index (χ3v) is 6.15. The molecule has 7 heteroatoms. The molecule has 0 saturated carbocycles. The van der Waals surface area contributed by atoms with Gasteiger partial charge in [-0.05, 0) is 64.3 Å². The SMILES string of the molecule is Cc1c(N(Cc2ccccc2)Cc2ccc(Oc3ccc(Br)c(O)c3)cc2)cccc1[N+](=O)[O-]. The van der Waals surface area contributed by atoms with Gasteiger partial charge in [-0.3, -0.25) is 10.1 Å². The second-order valence-corrected chi connectivity index (χ2v) is 8.73. The number of rotatable bonds is 8. The van der Waals surface area contributed by atoms with Crippen molar-refractivity contribution in [2.24, 2.45) is 0 Å². The van der Waals surface area contributed by atoms with Crippen LogP contribution in [0.5, 0.6) is 17.2 Å². The minimum atomic E-state index is -0.342. The molecule has 172 valence electrons. The van der Waals surface area contributed by atoms with Gasteiger partial charge in [-0.15, -0.1) is 0 Å². The van der Waals surface area contributed by atoms with Crippen molar-refractivity contribution in [1.82, 2.24) is 0 Å². The molecular weight excluding hydrogens is 496 g/mol. The Hall–Kier alpha value is -3.84. The van der Waals surface area contributed by atoms with E-state index < -0.39 is 0 Å². The Morgan fingerprint density at radius 3 is 2.18 bits per heavy atom. The van der Waals surface area contributed by atoms with Crippen LogP contribution in [0.1, 0.15) is 16.7 Å². The van der Waals surface area contributed by atoms with Crippen molar-refractivity contribution in [3.63, 3.8) is 0 Å². The van der Waals surface area contributed by atoms with Crippen molar-refractivity contribution in [1.29, 1.82) is 0 Å². The summed E-state index contributed by atoms with van der Waals surface area (Å²) in [6, 6.07) is 27.9. The molecule has 0 amide bonds. The summed E-state index contributed by atoms with van der Waals surface area (Å²) in [5.74, 6) is 1.29. The Kier molecular flexibility index (Phi) is 7.13. The van der Waals surface area contributed by atoms with Crippen molar-refractivity contribution < 1.29 is 14.8 Å². The molecule has 0 spiro atoms. The monoisotopic (exact) mass is 518 g/mol. The summed E-state index contributed by atoms with van der Waals surface area (Å²) in [6.45, 7) is 2.96. The standard InChI is InChI=1S/C27H23BrN2O4/c1-19-25(8-5-9-26(19)30(32)33)29(17-20-6-3-2-4-7-20)18-21-10-12-22(13-11-21)34-23-14-15-24(28)27(31)16-23/h2-16,31H,17-18H2,1H3. The molecule has 0 aliphatic rings. The quantitative estimate of drug-likeness (QED) is 0.194. The maximum Gasteiger partial charge on any atom is 0.274 e. The molecule has 0 aliphatic carbocycles. The average molecular weight is 519 g/mol. The molecule has 0 heterocycles. The summed E-state index contributed by atoms with van der Waals surface area (Å²) in [7, 11) is 0. The fourth-order valence-corrected chi connectivity index (χ4v) is 4.00. The maximum absolute atomic E-state index is 11.5. The molecule has 0 unspecified atom stereocenters. The number of benzene rings is 4. The van der Waals surface area contributed by atoms with E-state index in [1.807, 2.05) is 60.7 Å². The highest BCUT2D eigenvalue weighted by Crippen LogP contribution is 2.32. The lowest BCUT2D eigenvalue weighted by molar-refractivity contribution is -0.385. The second-order valence-electron chi connectivity index (χ2n) is 7.88. The number of halogens is 1. The van der Waals surface area contributed by atoms with Gasteiger partial charge in [0.2, 0.25) is 0 Å². The molecule has 0 atom stereocenters. The zero-order valence-corrected chi connectivity index (χ0v) is 20.1. The van der Waals surface area contributed by atoms with Crippen molar-refractivity contribution >= 4 is 27.3 Å². The van der Waals surface area contributed by atoms with E-state index in [0.717, 1.165) is 16.8 Å². The molecule has 0 radical (unpaired) electrons. The molecular formula is C27H23BrN2O4. The Balaban J connectivity index is 1.58. The van der Waals surface area contributed by atoms with Gasteiger partial charge in [0.05, 0.1) is 15.0 Å². The molecule has 4 rings (SSSR count). The fraction of sp³-hybridized carbons (Fsp3) is 0.111. The smallest absolute Gasteiger partial charge is 0.274 e. The number of phenolic OH excluding ortho intramolecular Hbond substituents is 1. The van der Waals surface area contributed by atoms with Gasteiger partial charge in [0.25, 0.3) is 5.69 Å². The molecule has 0 aliphatic heterocycles. The number of hydrogen-bond donors (Lipinski definition) is 1. The first-order valence-electron chi connectivity index (χ1n) is 10.7. The van der Waals surface area contributed by atoms with Gasteiger partial charge in [0.15, 0.2) is 0 Å². The lowest BCUT2D eigenvalue weighted by Crippen LogP contribution is -2.23. The predicted octanol–water partition coefficient (Wildman–Crippen LogP) is 7.37. The highest BCUT2D eigenvalue weighted by Gasteiger charge is 2.18. The highest BCUT2D eigenvalue weighted by atomic mass is 79.9. The topological polar surface area (TPSA) is 75.8 Å². The van der Waals surface area contributed by atoms with Gasteiger partial charge in [-0.2, -0.15) is 0 Å². The molecule has 4 aromatic carbocycles. The van der Waals surface area contributed by atoms with Gasteiger partial charge in [0, 0.05) is 30.9 Å². The van der Waals surface area contributed by atoms with E-state index in [4.69, 9.17) is 4.74 Å². The third-order valence-electron chi connectivity index (χ3n) is 5.48. The summed E-state index contributed by atoms with van der Waals surface area (Å²) in [6.07, 6.45) is 0. The summed E-state index contributed by atoms with van der Waals surface area (Å²) in [5.41, 5.74) is 3.72. The van der Waals surface area contributed by atoms with E-state index in [9.17, 15) is 15.2 Å². The summed E-state index contributed by atoms with van der Waals surface area (Å²) >= 11 is 3.26. The normalized spacial score (nSPS) is 10.6. The van der Waals surface area contributed by atoms with Crippen molar-refractivity contribution in [2.45, 2.75) is 20.0 Å². The minimum Gasteiger partial charge on any atom is -0.507 e. The number of nitrogens with zero attached hydrogens (tertiary/aromatic N) is 2. The summed E-state index contributed by atoms with van der Waals surface area (Å²) < 4.78 is 6.45. The van der Waals surface area contributed by atoms with Crippen LogP contribution in [0.15, 0.2) is 95.5 Å². The number of anilines is 1. The summed E-state index contributed by atoms with van der Waals surface area (Å²) in [5, 5.41) is 21.3. The first-order chi connectivity index (χ1) is 16.4. The number of aromatic hydroxyl groups is 1. The Bertz CT molecular complexity index is 1290. The van der Waals surface area contributed by atoms with Crippen molar-refractivity contribution in [2.75, 3.05) is 4.90 Å². The summed E-state index contributed by atoms with van der Waals surface area (Å²) in [4.78, 5) is 13.3. The van der Waals surface area contributed by atoms with Crippen LogP contribution < -0.4 is 9.64 Å². The van der Waals surface area contributed by atoms with Crippen molar-refractivity contribution in [3.8, 4) is 17.2 Å². The lowest BCUT2D eigenvalue weighted by Gasteiger charge is -2.27. The molecule has 0 aromatic heterocycles. The van der Waals surface area contributed by atoms with Crippen LogP contribution in [-0.2, 0) is 13.1 Å². The zero-order valence-electron chi connectivity index (χ0n) is 18.5. The van der Waals surface area contributed by atoms with Crippen LogP contribution in [0.2, 0.25) is 0 Å². The van der Waals surface area contributed by atoms with Crippen LogP contribution in [0.3, 0.4) is 0 Å². The number of hydrogen-bond acceptors (Lipinski definition) is 5. The van der Waals surface area contributed by atoms with Gasteiger partial charge < -0.3 is 14.7 Å². The number of ether oxygens (including phenoxy) is 1. The van der Waals surface area contributed by atoms with Crippen LogP contribution >= 0.6 is 15.9 Å². The number of phenols is 1. The van der Waals surface area contributed by atoms with Crippen LogP contribution in [0.4, 0.5) is 11.4 Å². The van der Waals surface area contributed by atoms with E-state index >= 15 is 0 Å². The van der Waals surface area contributed by atoms with Gasteiger partial charge >= 0.3 is 0 Å². The van der Waals surface area contributed by atoms with Crippen molar-refractivity contribution in [3.05, 3.63) is 122 Å². The maximum atomic E-state index is 11.5. The van der Waals surface area contributed by atoms with Crippen LogP contribution in [0.25, 0.3) is 0 Å². The van der Waals surface area contributed by atoms with E-state index in [1.165, 1.54) is 6.07 Å². The zero-order chi connectivity index (χ0) is 24.1. The predicted molar refractivity (Wildman–Crippen MR) is 136 cm³/mol. The Labute approximate surface area is 206 Å². The highest BCUT2D eigenvalue weighted by molar-refractivity contribution is 9.10. The van der Waals surface area contributed by atoms with E-state index in [-0.39, 0.29) is 16.4 Å². The Morgan fingerprint density at radius 1 is 0.882 bits per heavy atom. The minimum absolute atomic E-state index is 0.108. The molecule has 4 aromatic rings. The lowest BCUT2D eigenvalue weighted by atomic mass is 10.1. The van der Waals surface area contributed by atoms with E-state index in [2.05, 4.69) is 20.8 Å². The largest absolute Gasteiger partial charge is 0.507 e. The van der Waals surface area contributed by atoms with Crippen LogP contribution in [-0.4, -0.2) is 10.0 Å². The van der Waals surface area contributed by atoms with Crippen LogP contribution in [0, 0.1) is 17.0 Å². The molecule has 1 N–H and O–H groups in total.